The molecule has 1 atom stereocenters. The summed E-state index contributed by atoms with van der Waals surface area (Å²) in [5.41, 5.74) is 2.69. The minimum atomic E-state index is -1.06. The van der Waals surface area contributed by atoms with Crippen LogP contribution < -0.4 is 10.6 Å². The summed E-state index contributed by atoms with van der Waals surface area (Å²) in [5, 5.41) is 5.43. The molecule has 0 saturated heterocycles. The van der Waals surface area contributed by atoms with Gasteiger partial charge in [0.1, 0.15) is 18.2 Å². The van der Waals surface area contributed by atoms with Gasteiger partial charge < -0.3 is 20.3 Å². The number of nitrogens with one attached hydrogen (secondary N) is 2. The Labute approximate surface area is 207 Å². The number of carbonyl (C=O) groups is 3. The third-order valence-corrected chi connectivity index (χ3v) is 5.13. The normalized spacial score (nSPS) is 11.5. The highest BCUT2D eigenvalue weighted by Gasteiger charge is 2.33. The Bertz CT molecular complexity index is 1120. The summed E-state index contributed by atoms with van der Waals surface area (Å²) in [6, 6.07) is 11.6. The molecule has 0 aromatic heterocycles. The summed E-state index contributed by atoms with van der Waals surface area (Å²) in [5.74, 6) is 1.67. The summed E-state index contributed by atoms with van der Waals surface area (Å²) >= 11 is 0. The number of para-hydroxylation sites is 1. The largest absolute Gasteiger partial charge is 0.444 e. The van der Waals surface area contributed by atoms with Crippen molar-refractivity contribution in [2.24, 2.45) is 0 Å². The molecule has 0 saturated carbocycles. The fourth-order valence-electron chi connectivity index (χ4n) is 3.57. The maximum absolute atomic E-state index is 13.7. The van der Waals surface area contributed by atoms with Gasteiger partial charge in [0.2, 0.25) is 5.91 Å². The smallest absolute Gasteiger partial charge is 0.408 e. The van der Waals surface area contributed by atoms with E-state index in [1.807, 2.05) is 32.0 Å². The molecule has 7 nitrogen and oxygen atoms in total. The van der Waals surface area contributed by atoms with Crippen LogP contribution in [0.1, 0.15) is 49.1 Å². The van der Waals surface area contributed by atoms with Crippen molar-refractivity contribution < 1.29 is 19.1 Å². The first kappa shape index (κ1) is 27.2. The number of alkyl carbamates (subject to hydrolysis) is 1. The number of benzene rings is 2. The quantitative estimate of drug-likeness (QED) is 0.435. The zero-order valence-electron chi connectivity index (χ0n) is 21.0. The molecule has 1 unspecified atom stereocenters. The van der Waals surface area contributed by atoms with E-state index in [4.69, 9.17) is 11.2 Å². The van der Waals surface area contributed by atoms with Gasteiger partial charge in [-0.15, -0.1) is 13.0 Å². The van der Waals surface area contributed by atoms with Crippen LogP contribution in [0.3, 0.4) is 0 Å². The highest BCUT2D eigenvalue weighted by molar-refractivity contribution is 5.99. The molecule has 0 heterocycles. The second-order valence-electron chi connectivity index (χ2n) is 9.08. The molecule has 35 heavy (non-hydrogen) atoms. The molecule has 0 aliphatic carbocycles. The minimum absolute atomic E-state index is 0.0541. The number of terminal acetylenes is 1. The number of anilines is 1. The van der Waals surface area contributed by atoms with Gasteiger partial charge in [0, 0.05) is 17.8 Å². The molecule has 0 aliphatic heterocycles. The maximum atomic E-state index is 13.7. The van der Waals surface area contributed by atoms with Crippen LogP contribution in [0.5, 0.6) is 0 Å². The highest BCUT2D eigenvalue weighted by Crippen LogP contribution is 2.28. The molecular formula is C28H33N3O4. The Kier molecular flexibility index (Phi) is 9.24. The van der Waals surface area contributed by atoms with E-state index < -0.39 is 29.6 Å². The van der Waals surface area contributed by atoms with Crippen LogP contribution in [0.15, 0.2) is 55.1 Å². The standard InChI is InChI=1S/C28H33N3O4/c1-8-17-31(23(32)18-29-27(34)35-28(5,6)7)25(22-16-11-10-15-21(22)9-2)26(33)30-24-19(3)13-12-14-20(24)4/h2,8,10-16,25H,1,17-18H2,3-7H3,(H,29,34)(H,30,33). The van der Waals surface area contributed by atoms with Crippen molar-refractivity contribution in [1.29, 1.82) is 0 Å². The topological polar surface area (TPSA) is 87.7 Å². The number of aryl methyl sites for hydroxylation is 2. The second-order valence-corrected chi connectivity index (χ2v) is 9.08. The first-order valence-electron chi connectivity index (χ1n) is 11.3. The van der Waals surface area contributed by atoms with Crippen LogP contribution >= 0.6 is 0 Å². The molecule has 2 N–H and O–H groups in total. The molecule has 2 rings (SSSR count). The van der Waals surface area contributed by atoms with E-state index in [1.54, 1.807) is 45.0 Å². The molecule has 0 fully saturated rings. The van der Waals surface area contributed by atoms with Crippen molar-refractivity contribution in [2.45, 2.75) is 46.3 Å². The van der Waals surface area contributed by atoms with Crippen molar-refractivity contribution in [3.8, 4) is 12.3 Å². The van der Waals surface area contributed by atoms with E-state index in [1.165, 1.54) is 11.0 Å². The van der Waals surface area contributed by atoms with Crippen LogP contribution in [-0.2, 0) is 14.3 Å². The van der Waals surface area contributed by atoms with Gasteiger partial charge in [-0.2, -0.15) is 0 Å². The fraction of sp³-hybridized carbons (Fsp3) is 0.321. The summed E-state index contributed by atoms with van der Waals surface area (Å²) in [6.07, 6.45) is 6.50. The van der Waals surface area contributed by atoms with E-state index in [0.717, 1.165) is 11.1 Å². The average molecular weight is 476 g/mol. The van der Waals surface area contributed by atoms with Gasteiger partial charge in [-0.25, -0.2) is 4.79 Å². The number of hydrogen-bond donors (Lipinski definition) is 2. The second kappa shape index (κ2) is 11.9. The minimum Gasteiger partial charge on any atom is -0.444 e. The number of ether oxygens (including phenoxy) is 1. The molecular weight excluding hydrogens is 442 g/mol. The lowest BCUT2D eigenvalue weighted by Crippen LogP contribution is -2.46. The predicted molar refractivity (Wildman–Crippen MR) is 138 cm³/mol. The number of hydrogen-bond acceptors (Lipinski definition) is 4. The Morgan fingerprint density at radius 1 is 1.11 bits per heavy atom. The Balaban J connectivity index is 2.45. The van der Waals surface area contributed by atoms with Gasteiger partial charge in [0.25, 0.3) is 5.91 Å². The molecule has 184 valence electrons. The van der Waals surface area contributed by atoms with Crippen LogP contribution in [0.2, 0.25) is 0 Å². The van der Waals surface area contributed by atoms with Crippen LogP contribution in [0.25, 0.3) is 0 Å². The molecule has 0 bridgehead atoms. The molecule has 2 aromatic rings. The molecule has 2 aromatic carbocycles. The maximum Gasteiger partial charge on any atom is 0.408 e. The fourth-order valence-corrected chi connectivity index (χ4v) is 3.57. The van der Waals surface area contributed by atoms with E-state index >= 15 is 0 Å². The predicted octanol–water partition coefficient (Wildman–Crippen LogP) is 4.50. The van der Waals surface area contributed by atoms with Gasteiger partial charge in [-0.3, -0.25) is 9.59 Å². The summed E-state index contributed by atoms with van der Waals surface area (Å²) in [7, 11) is 0. The number of rotatable bonds is 8. The molecule has 0 radical (unpaired) electrons. The van der Waals surface area contributed by atoms with Crippen LogP contribution in [0, 0.1) is 26.2 Å². The van der Waals surface area contributed by atoms with Crippen molar-refractivity contribution in [3.05, 3.63) is 77.4 Å². The first-order valence-corrected chi connectivity index (χ1v) is 11.3. The highest BCUT2D eigenvalue weighted by atomic mass is 16.6. The van der Waals surface area contributed by atoms with Gasteiger partial charge in [-0.05, 0) is 57.4 Å². The van der Waals surface area contributed by atoms with Crippen LogP contribution in [-0.4, -0.2) is 41.5 Å². The number of carbonyl (C=O) groups excluding carboxylic acids is 3. The number of nitrogens with zero attached hydrogens (tertiary/aromatic N) is 1. The van der Waals surface area contributed by atoms with Crippen LogP contribution in [0.4, 0.5) is 10.5 Å². The van der Waals surface area contributed by atoms with Gasteiger partial charge in [-0.1, -0.05) is 48.4 Å². The van der Waals surface area contributed by atoms with E-state index in [9.17, 15) is 14.4 Å². The van der Waals surface area contributed by atoms with Crippen molar-refractivity contribution in [1.82, 2.24) is 10.2 Å². The molecule has 0 aliphatic rings. The van der Waals surface area contributed by atoms with Crippen molar-refractivity contribution >= 4 is 23.6 Å². The summed E-state index contributed by atoms with van der Waals surface area (Å²) in [4.78, 5) is 40.4. The monoisotopic (exact) mass is 475 g/mol. The Morgan fingerprint density at radius 3 is 2.31 bits per heavy atom. The van der Waals surface area contributed by atoms with Crippen molar-refractivity contribution in [3.63, 3.8) is 0 Å². The molecule has 0 spiro atoms. The van der Waals surface area contributed by atoms with E-state index in [-0.39, 0.29) is 13.1 Å². The summed E-state index contributed by atoms with van der Waals surface area (Å²) < 4.78 is 5.22. The van der Waals surface area contributed by atoms with Gasteiger partial charge >= 0.3 is 6.09 Å². The zero-order chi connectivity index (χ0) is 26.2. The lowest BCUT2D eigenvalue weighted by Gasteiger charge is -2.31. The van der Waals surface area contributed by atoms with Gasteiger partial charge in [0.15, 0.2) is 0 Å². The van der Waals surface area contributed by atoms with Crippen molar-refractivity contribution in [2.75, 3.05) is 18.4 Å². The molecule has 3 amide bonds. The Morgan fingerprint density at radius 2 is 1.74 bits per heavy atom. The summed E-state index contributed by atoms with van der Waals surface area (Å²) in [6.45, 7) is 12.4. The average Bonchev–Trinajstić information content (AvgIpc) is 2.79. The third kappa shape index (κ3) is 7.47. The van der Waals surface area contributed by atoms with E-state index in [2.05, 4.69) is 23.1 Å². The SMILES string of the molecule is C#Cc1ccccc1C(C(=O)Nc1c(C)cccc1C)N(CC=C)C(=O)CNC(=O)OC(C)(C)C. The first-order chi connectivity index (χ1) is 16.5. The third-order valence-electron chi connectivity index (χ3n) is 5.13. The zero-order valence-corrected chi connectivity index (χ0v) is 21.0. The lowest BCUT2D eigenvalue weighted by atomic mass is 9.97. The Hall–Kier alpha value is -4.05. The van der Waals surface area contributed by atoms with E-state index in [0.29, 0.717) is 16.8 Å². The van der Waals surface area contributed by atoms with Gasteiger partial charge in [0.05, 0.1) is 0 Å². The lowest BCUT2D eigenvalue weighted by molar-refractivity contribution is -0.137. The molecule has 7 heteroatoms. The number of amides is 3.